The summed E-state index contributed by atoms with van der Waals surface area (Å²) in [6.45, 7) is 1.09. The zero-order chi connectivity index (χ0) is 12.7. The van der Waals surface area contributed by atoms with Gasteiger partial charge in [0.15, 0.2) is 0 Å². The monoisotopic (exact) mass is 308 g/mol. The Morgan fingerprint density at radius 3 is 2.61 bits per heavy atom. The molecule has 0 N–H and O–H groups in total. The molecular weight excluding hydrogens is 296 g/mol. The van der Waals surface area contributed by atoms with Crippen LogP contribution in [-0.4, -0.2) is 34.3 Å². The summed E-state index contributed by atoms with van der Waals surface area (Å²) in [6.07, 6.45) is 1.75. The highest BCUT2D eigenvalue weighted by Crippen LogP contribution is 2.28. The van der Waals surface area contributed by atoms with Crippen molar-refractivity contribution in [1.29, 1.82) is 0 Å². The summed E-state index contributed by atoms with van der Waals surface area (Å²) in [5, 5.41) is 0. The molecule has 0 spiro atoms. The molecule has 0 aromatic heterocycles. The Labute approximate surface area is 114 Å². The summed E-state index contributed by atoms with van der Waals surface area (Å²) in [7, 11) is 0. The van der Waals surface area contributed by atoms with E-state index >= 15 is 0 Å². The average Bonchev–Trinajstić information content (AvgIpc) is 2.92. The van der Waals surface area contributed by atoms with E-state index in [0.717, 1.165) is 22.9 Å². The number of benzene rings is 1. The van der Waals surface area contributed by atoms with Gasteiger partial charge in [-0.05, 0) is 30.5 Å². The van der Waals surface area contributed by atoms with Gasteiger partial charge < -0.3 is 4.90 Å². The van der Waals surface area contributed by atoms with Crippen molar-refractivity contribution < 1.29 is 9.59 Å². The Kier molecular flexibility index (Phi) is 2.86. The minimum absolute atomic E-state index is 0.0413. The lowest BCUT2D eigenvalue weighted by atomic mass is 10.2. The molecule has 0 radical (unpaired) electrons. The van der Waals surface area contributed by atoms with Crippen LogP contribution in [0.15, 0.2) is 28.7 Å². The minimum atomic E-state index is -0.201. The van der Waals surface area contributed by atoms with Gasteiger partial charge in [-0.15, -0.1) is 0 Å². The van der Waals surface area contributed by atoms with Crippen molar-refractivity contribution in [3.8, 4) is 0 Å². The maximum atomic E-state index is 12.1. The molecular formula is C13H13BrN2O2. The molecule has 2 heterocycles. The van der Waals surface area contributed by atoms with Gasteiger partial charge in [0.1, 0.15) is 6.04 Å². The van der Waals surface area contributed by atoms with Crippen molar-refractivity contribution in [1.82, 2.24) is 9.80 Å². The molecule has 2 saturated heterocycles. The number of fused-ring (bicyclic) bond motifs is 1. The van der Waals surface area contributed by atoms with E-state index in [-0.39, 0.29) is 18.0 Å². The van der Waals surface area contributed by atoms with Gasteiger partial charge in [-0.1, -0.05) is 28.1 Å². The standard InChI is InChI=1S/C13H13BrN2O2/c14-10-5-3-9(4-6-10)8-16-12(17)11-2-1-7-15(11)13(16)18/h3-6,11H,1-2,7-8H2. The molecule has 18 heavy (non-hydrogen) atoms. The maximum Gasteiger partial charge on any atom is 0.327 e. The van der Waals surface area contributed by atoms with Crippen LogP contribution in [0.4, 0.5) is 4.79 Å². The number of nitrogens with zero attached hydrogens (tertiary/aromatic N) is 2. The molecule has 1 unspecified atom stereocenters. The fourth-order valence-electron chi connectivity index (χ4n) is 2.60. The average molecular weight is 309 g/mol. The van der Waals surface area contributed by atoms with E-state index < -0.39 is 0 Å². The summed E-state index contributed by atoms with van der Waals surface area (Å²) < 4.78 is 0.992. The Morgan fingerprint density at radius 1 is 1.22 bits per heavy atom. The molecule has 4 nitrogen and oxygen atoms in total. The second-order valence-electron chi connectivity index (χ2n) is 4.68. The number of hydrogen-bond acceptors (Lipinski definition) is 2. The number of amides is 3. The predicted octanol–water partition coefficient (Wildman–Crippen LogP) is 2.38. The molecule has 2 aliphatic rings. The van der Waals surface area contributed by atoms with E-state index in [2.05, 4.69) is 15.9 Å². The molecule has 5 heteroatoms. The maximum absolute atomic E-state index is 12.1. The SMILES string of the molecule is O=C1C2CCCN2C(=O)N1Cc1ccc(Br)cc1. The van der Waals surface area contributed by atoms with E-state index in [1.54, 1.807) is 4.90 Å². The van der Waals surface area contributed by atoms with E-state index in [4.69, 9.17) is 0 Å². The highest BCUT2D eigenvalue weighted by molar-refractivity contribution is 9.10. The minimum Gasteiger partial charge on any atom is -0.312 e. The van der Waals surface area contributed by atoms with Crippen LogP contribution in [0, 0.1) is 0 Å². The highest BCUT2D eigenvalue weighted by Gasteiger charge is 2.46. The topological polar surface area (TPSA) is 40.6 Å². The molecule has 1 aromatic carbocycles. The van der Waals surface area contributed by atoms with Gasteiger partial charge in [0.05, 0.1) is 6.54 Å². The molecule has 3 rings (SSSR count). The number of imide groups is 1. The van der Waals surface area contributed by atoms with E-state index in [1.807, 2.05) is 24.3 Å². The summed E-state index contributed by atoms with van der Waals surface area (Å²) in [5.41, 5.74) is 0.973. The van der Waals surface area contributed by atoms with Crippen molar-refractivity contribution in [2.45, 2.75) is 25.4 Å². The molecule has 2 fully saturated rings. The fraction of sp³-hybridized carbons (Fsp3) is 0.385. The van der Waals surface area contributed by atoms with Crippen molar-refractivity contribution in [2.75, 3.05) is 6.54 Å². The van der Waals surface area contributed by atoms with E-state index in [0.29, 0.717) is 13.1 Å². The first kappa shape index (κ1) is 11.7. The molecule has 0 bridgehead atoms. The fourth-order valence-corrected chi connectivity index (χ4v) is 2.86. The third kappa shape index (κ3) is 1.82. The second-order valence-corrected chi connectivity index (χ2v) is 5.60. The third-order valence-corrected chi connectivity index (χ3v) is 4.06. The molecule has 2 aliphatic heterocycles. The molecule has 0 aliphatic carbocycles. The van der Waals surface area contributed by atoms with Crippen LogP contribution < -0.4 is 0 Å². The lowest BCUT2D eigenvalue weighted by molar-refractivity contribution is -0.128. The van der Waals surface area contributed by atoms with Gasteiger partial charge in [-0.25, -0.2) is 4.79 Å². The number of hydrogen-bond donors (Lipinski definition) is 0. The number of carbonyl (C=O) groups excluding carboxylic acids is 2. The van der Waals surface area contributed by atoms with Gasteiger partial charge in [-0.2, -0.15) is 0 Å². The largest absolute Gasteiger partial charge is 0.327 e. The highest BCUT2D eigenvalue weighted by atomic mass is 79.9. The van der Waals surface area contributed by atoms with Crippen molar-refractivity contribution >= 4 is 27.9 Å². The first-order chi connectivity index (χ1) is 8.66. The lowest BCUT2D eigenvalue weighted by Crippen LogP contribution is -2.32. The zero-order valence-electron chi connectivity index (χ0n) is 9.80. The van der Waals surface area contributed by atoms with Crippen LogP contribution in [0.5, 0.6) is 0 Å². The molecule has 94 valence electrons. The Bertz CT molecular complexity index is 478. The second kappa shape index (κ2) is 4.39. The van der Waals surface area contributed by atoms with Crippen molar-refractivity contribution in [3.63, 3.8) is 0 Å². The van der Waals surface area contributed by atoms with Gasteiger partial charge >= 0.3 is 6.03 Å². The summed E-state index contributed by atoms with van der Waals surface area (Å²) >= 11 is 3.37. The van der Waals surface area contributed by atoms with Gasteiger partial charge in [-0.3, -0.25) is 9.69 Å². The smallest absolute Gasteiger partial charge is 0.312 e. The Balaban J connectivity index is 1.79. The van der Waals surface area contributed by atoms with Crippen LogP contribution in [0.3, 0.4) is 0 Å². The summed E-state index contributed by atoms with van der Waals surface area (Å²) in [5.74, 6) is -0.0413. The van der Waals surface area contributed by atoms with Crippen molar-refractivity contribution in [2.24, 2.45) is 0 Å². The summed E-state index contributed by atoms with van der Waals surface area (Å²) in [6, 6.07) is 7.35. The molecule has 0 saturated carbocycles. The Hall–Kier alpha value is -1.36. The zero-order valence-corrected chi connectivity index (χ0v) is 11.4. The van der Waals surface area contributed by atoms with Crippen LogP contribution in [0.2, 0.25) is 0 Å². The third-order valence-electron chi connectivity index (χ3n) is 3.53. The quantitative estimate of drug-likeness (QED) is 0.787. The van der Waals surface area contributed by atoms with Crippen LogP contribution in [0.25, 0.3) is 0 Å². The Morgan fingerprint density at radius 2 is 1.94 bits per heavy atom. The van der Waals surface area contributed by atoms with Crippen LogP contribution in [-0.2, 0) is 11.3 Å². The van der Waals surface area contributed by atoms with Crippen LogP contribution in [0.1, 0.15) is 18.4 Å². The van der Waals surface area contributed by atoms with Gasteiger partial charge in [0, 0.05) is 11.0 Å². The first-order valence-electron chi connectivity index (χ1n) is 6.03. The van der Waals surface area contributed by atoms with E-state index in [9.17, 15) is 9.59 Å². The summed E-state index contributed by atoms with van der Waals surface area (Å²) in [4.78, 5) is 27.3. The predicted molar refractivity (Wildman–Crippen MR) is 69.8 cm³/mol. The number of urea groups is 1. The molecule has 3 amide bonds. The normalized spacial score (nSPS) is 22.8. The number of carbonyl (C=O) groups is 2. The lowest BCUT2D eigenvalue weighted by Gasteiger charge is -2.15. The van der Waals surface area contributed by atoms with Crippen LogP contribution >= 0.6 is 15.9 Å². The number of rotatable bonds is 2. The first-order valence-corrected chi connectivity index (χ1v) is 6.82. The molecule has 1 aromatic rings. The van der Waals surface area contributed by atoms with Gasteiger partial charge in [0.25, 0.3) is 5.91 Å². The van der Waals surface area contributed by atoms with Crippen molar-refractivity contribution in [3.05, 3.63) is 34.3 Å². The number of halogens is 1. The molecule has 1 atom stereocenters. The van der Waals surface area contributed by atoms with Gasteiger partial charge in [0.2, 0.25) is 0 Å². The van der Waals surface area contributed by atoms with E-state index in [1.165, 1.54) is 4.90 Å².